The van der Waals surface area contributed by atoms with E-state index in [1.807, 2.05) is 36.4 Å². The van der Waals surface area contributed by atoms with Gasteiger partial charge in [0.1, 0.15) is 5.76 Å². The van der Waals surface area contributed by atoms with E-state index in [0.717, 1.165) is 22.0 Å². The van der Waals surface area contributed by atoms with Gasteiger partial charge in [-0.05, 0) is 49.4 Å². The summed E-state index contributed by atoms with van der Waals surface area (Å²) in [6.45, 7) is 0. The van der Waals surface area contributed by atoms with E-state index in [4.69, 9.17) is 4.42 Å². The van der Waals surface area contributed by atoms with Gasteiger partial charge in [0.15, 0.2) is 4.67 Å². The highest BCUT2D eigenvalue weighted by atomic mass is 79.9. The standard InChI is InChI=1S/C21H16Br2N2O2/c22-18-11-16(27-19(18)23)13-24-25-20(26)17-12-21(17,14-7-3-1-4-8-14)15-9-5-2-6-10-15/h1-11,13,17H,12H2,(H,25,26)/b24-13+. The molecule has 0 bridgehead atoms. The summed E-state index contributed by atoms with van der Waals surface area (Å²) in [7, 11) is 0. The van der Waals surface area contributed by atoms with Crippen LogP contribution in [-0.2, 0) is 10.2 Å². The Labute approximate surface area is 173 Å². The zero-order valence-electron chi connectivity index (χ0n) is 14.2. The van der Waals surface area contributed by atoms with Gasteiger partial charge in [0.05, 0.1) is 16.6 Å². The molecule has 1 atom stereocenters. The number of hydrazone groups is 1. The lowest BCUT2D eigenvalue weighted by atomic mass is 9.85. The summed E-state index contributed by atoms with van der Waals surface area (Å²) < 4.78 is 6.80. The maximum absolute atomic E-state index is 12.8. The number of halogens is 2. The molecule has 4 nitrogen and oxygen atoms in total. The molecule has 0 aliphatic heterocycles. The number of rotatable bonds is 5. The quantitative estimate of drug-likeness (QED) is 0.394. The molecule has 1 aliphatic rings. The normalized spacial score (nSPS) is 17.8. The predicted molar refractivity (Wildman–Crippen MR) is 112 cm³/mol. The lowest BCUT2D eigenvalue weighted by molar-refractivity contribution is -0.122. The van der Waals surface area contributed by atoms with Gasteiger partial charge < -0.3 is 4.42 Å². The van der Waals surface area contributed by atoms with E-state index in [1.54, 1.807) is 6.07 Å². The number of nitrogens with zero attached hydrogens (tertiary/aromatic N) is 1. The molecule has 6 heteroatoms. The van der Waals surface area contributed by atoms with E-state index >= 15 is 0 Å². The van der Waals surface area contributed by atoms with Crippen molar-refractivity contribution in [3.63, 3.8) is 0 Å². The molecule has 27 heavy (non-hydrogen) atoms. The number of nitrogens with one attached hydrogen (secondary N) is 1. The third-order valence-corrected chi connectivity index (χ3v) is 6.60. The van der Waals surface area contributed by atoms with Gasteiger partial charge >= 0.3 is 0 Å². The molecule has 1 N–H and O–H groups in total. The van der Waals surface area contributed by atoms with Gasteiger partial charge in [0, 0.05) is 11.5 Å². The average Bonchev–Trinajstić information content (AvgIpc) is 3.38. The van der Waals surface area contributed by atoms with Crippen molar-refractivity contribution in [2.24, 2.45) is 11.0 Å². The predicted octanol–water partition coefficient (Wildman–Crippen LogP) is 5.26. The van der Waals surface area contributed by atoms with E-state index in [0.29, 0.717) is 10.4 Å². The van der Waals surface area contributed by atoms with Gasteiger partial charge in [-0.2, -0.15) is 5.10 Å². The number of amides is 1. The van der Waals surface area contributed by atoms with Gasteiger partial charge in [-0.25, -0.2) is 5.43 Å². The molecule has 136 valence electrons. The third-order valence-electron chi connectivity index (χ3n) is 4.89. The van der Waals surface area contributed by atoms with Crippen molar-refractivity contribution in [1.82, 2.24) is 5.43 Å². The fraction of sp³-hybridized carbons (Fsp3) is 0.143. The fourth-order valence-corrected chi connectivity index (χ4v) is 4.13. The van der Waals surface area contributed by atoms with E-state index in [1.165, 1.54) is 6.21 Å². The molecule has 1 aromatic heterocycles. The van der Waals surface area contributed by atoms with Crippen LogP contribution in [0.5, 0.6) is 0 Å². The number of hydrogen-bond donors (Lipinski definition) is 1. The van der Waals surface area contributed by atoms with Crippen molar-refractivity contribution < 1.29 is 9.21 Å². The SMILES string of the molecule is O=C(N/N=C/c1cc(Br)c(Br)o1)C1CC1(c1ccccc1)c1ccccc1. The smallest absolute Gasteiger partial charge is 0.244 e. The first-order valence-corrected chi connectivity index (χ1v) is 10.1. The van der Waals surface area contributed by atoms with Gasteiger partial charge in [-0.15, -0.1) is 0 Å². The van der Waals surface area contributed by atoms with Gasteiger partial charge in [0.2, 0.25) is 5.91 Å². The summed E-state index contributed by atoms with van der Waals surface area (Å²) >= 11 is 6.62. The number of benzene rings is 2. The Bertz CT molecular complexity index is 925. The molecule has 2 aromatic carbocycles. The Morgan fingerprint density at radius 1 is 1.07 bits per heavy atom. The van der Waals surface area contributed by atoms with Crippen molar-refractivity contribution in [3.05, 3.63) is 92.8 Å². The van der Waals surface area contributed by atoms with Crippen LogP contribution in [0.25, 0.3) is 0 Å². The summed E-state index contributed by atoms with van der Waals surface area (Å²) in [5, 5.41) is 4.05. The van der Waals surface area contributed by atoms with Crippen LogP contribution >= 0.6 is 31.9 Å². The first-order chi connectivity index (χ1) is 13.1. The minimum atomic E-state index is -0.293. The molecule has 0 saturated heterocycles. The average molecular weight is 488 g/mol. The molecule has 0 spiro atoms. The first kappa shape index (κ1) is 18.2. The van der Waals surface area contributed by atoms with Crippen LogP contribution in [-0.4, -0.2) is 12.1 Å². The second-order valence-electron chi connectivity index (χ2n) is 6.46. The minimum Gasteiger partial charge on any atom is -0.447 e. The van der Waals surface area contributed by atoms with Crippen molar-refractivity contribution in [2.45, 2.75) is 11.8 Å². The molecule has 1 saturated carbocycles. The van der Waals surface area contributed by atoms with E-state index in [2.05, 4.69) is 66.7 Å². The lowest BCUT2D eigenvalue weighted by Gasteiger charge is -2.18. The molecule has 1 fully saturated rings. The Balaban J connectivity index is 1.54. The highest BCUT2D eigenvalue weighted by Gasteiger charge is 2.60. The van der Waals surface area contributed by atoms with E-state index < -0.39 is 0 Å². The van der Waals surface area contributed by atoms with Crippen LogP contribution in [0.4, 0.5) is 0 Å². The molecule has 4 rings (SSSR count). The van der Waals surface area contributed by atoms with Crippen LogP contribution in [0.2, 0.25) is 0 Å². The van der Waals surface area contributed by atoms with Crippen molar-refractivity contribution in [1.29, 1.82) is 0 Å². The summed E-state index contributed by atoms with van der Waals surface area (Å²) in [5.74, 6) is 0.292. The lowest BCUT2D eigenvalue weighted by Crippen LogP contribution is -2.25. The van der Waals surface area contributed by atoms with Crippen LogP contribution in [0.3, 0.4) is 0 Å². The van der Waals surface area contributed by atoms with Crippen molar-refractivity contribution in [2.75, 3.05) is 0 Å². The Kier molecular flexibility index (Phi) is 5.02. The van der Waals surface area contributed by atoms with Gasteiger partial charge in [-0.1, -0.05) is 60.7 Å². The van der Waals surface area contributed by atoms with Gasteiger partial charge in [0.25, 0.3) is 0 Å². The third kappa shape index (κ3) is 3.51. The van der Waals surface area contributed by atoms with E-state index in [9.17, 15) is 4.79 Å². The molecule has 1 heterocycles. The highest BCUT2D eigenvalue weighted by molar-refractivity contribution is 9.13. The summed E-state index contributed by atoms with van der Waals surface area (Å²) in [4.78, 5) is 12.8. The summed E-state index contributed by atoms with van der Waals surface area (Å²) in [6.07, 6.45) is 2.25. The maximum atomic E-state index is 12.8. The summed E-state index contributed by atoms with van der Waals surface area (Å²) in [5.41, 5.74) is 4.67. The minimum absolute atomic E-state index is 0.0938. The summed E-state index contributed by atoms with van der Waals surface area (Å²) in [6, 6.07) is 22.1. The zero-order valence-corrected chi connectivity index (χ0v) is 17.4. The highest BCUT2D eigenvalue weighted by Crippen LogP contribution is 2.58. The van der Waals surface area contributed by atoms with Crippen LogP contribution in [0.1, 0.15) is 23.3 Å². The molecule has 1 unspecified atom stereocenters. The number of furan rings is 1. The second kappa shape index (κ2) is 7.44. The number of carbonyl (C=O) groups is 1. The molecular weight excluding hydrogens is 472 g/mol. The van der Waals surface area contributed by atoms with Crippen molar-refractivity contribution >= 4 is 44.0 Å². The molecule has 1 amide bonds. The Morgan fingerprint density at radius 3 is 2.19 bits per heavy atom. The maximum Gasteiger partial charge on any atom is 0.244 e. The Hall–Kier alpha value is -2.18. The molecule has 1 aliphatic carbocycles. The number of carbonyl (C=O) groups excluding carboxylic acids is 1. The van der Waals surface area contributed by atoms with Crippen LogP contribution in [0, 0.1) is 5.92 Å². The first-order valence-electron chi connectivity index (χ1n) is 8.50. The van der Waals surface area contributed by atoms with Gasteiger partial charge in [-0.3, -0.25) is 4.79 Å². The largest absolute Gasteiger partial charge is 0.447 e. The van der Waals surface area contributed by atoms with Crippen LogP contribution in [0.15, 0.2) is 85.4 Å². The monoisotopic (exact) mass is 486 g/mol. The van der Waals surface area contributed by atoms with Crippen LogP contribution < -0.4 is 5.43 Å². The number of hydrogen-bond acceptors (Lipinski definition) is 3. The Morgan fingerprint density at radius 2 is 1.67 bits per heavy atom. The van der Waals surface area contributed by atoms with E-state index in [-0.39, 0.29) is 17.2 Å². The molecular formula is C21H16Br2N2O2. The second-order valence-corrected chi connectivity index (χ2v) is 8.04. The molecule has 3 aromatic rings. The fourth-order valence-electron chi connectivity index (χ4n) is 3.52. The topological polar surface area (TPSA) is 54.6 Å². The van der Waals surface area contributed by atoms with Crippen molar-refractivity contribution in [3.8, 4) is 0 Å². The molecule has 0 radical (unpaired) electrons. The zero-order chi connectivity index (χ0) is 18.9.